The van der Waals surface area contributed by atoms with E-state index in [0.29, 0.717) is 6.54 Å². The smallest absolute Gasteiger partial charge is 0.319 e. The SMILES string of the molecule is Cc1ccc(NC(=O)NCC2CNC(C(=O)N3CCSC3)C2)cc1. The Bertz CT molecular complexity index is 587. The summed E-state index contributed by atoms with van der Waals surface area (Å²) < 4.78 is 0. The molecule has 7 heteroatoms. The van der Waals surface area contributed by atoms with Gasteiger partial charge in [0.1, 0.15) is 0 Å². The largest absolute Gasteiger partial charge is 0.338 e. The van der Waals surface area contributed by atoms with Crippen LogP contribution in [0.25, 0.3) is 0 Å². The lowest BCUT2D eigenvalue weighted by molar-refractivity contribution is -0.131. The predicted octanol–water partition coefficient (Wildman–Crippen LogP) is 1.63. The molecule has 0 spiro atoms. The summed E-state index contributed by atoms with van der Waals surface area (Å²) in [5.74, 6) is 2.33. The van der Waals surface area contributed by atoms with E-state index in [1.54, 1.807) is 11.8 Å². The van der Waals surface area contributed by atoms with Gasteiger partial charge >= 0.3 is 6.03 Å². The van der Waals surface area contributed by atoms with E-state index in [0.717, 1.165) is 42.4 Å². The van der Waals surface area contributed by atoms with Crippen LogP contribution < -0.4 is 16.0 Å². The number of aryl methyl sites for hydroxylation is 1. The number of carbonyl (C=O) groups excluding carboxylic acids is 2. The summed E-state index contributed by atoms with van der Waals surface area (Å²) in [7, 11) is 0. The van der Waals surface area contributed by atoms with Crippen molar-refractivity contribution in [1.29, 1.82) is 0 Å². The van der Waals surface area contributed by atoms with Crippen molar-refractivity contribution in [2.24, 2.45) is 5.92 Å². The molecule has 0 radical (unpaired) electrons. The Morgan fingerprint density at radius 3 is 2.83 bits per heavy atom. The van der Waals surface area contributed by atoms with Crippen molar-refractivity contribution in [2.75, 3.05) is 36.6 Å². The number of anilines is 1. The van der Waals surface area contributed by atoms with E-state index in [1.165, 1.54) is 0 Å². The van der Waals surface area contributed by atoms with E-state index >= 15 is 0 Å². The molecule has 2 aliphatic heterocycles. The molecule has 6 nitrogen and oxygen atoms in total. The minimum absolute atomic E-state index is 0.101. The molecule has 24 heavy (non-hydrogen) atoms. The molecule has 2 saturated heterocycles. The van der Waals surface area contributed by atoms with E-state index in [9.17, 15) is 9.59 Å². The van der Waals surface area contributed by atoms with Gasteiger partial charge in [-0.15, -0.1) is 11.8 Å². The molecule has 0 aliphatic carbocycles. The summed E-state index contributed by atoms with van der Waals surface area (Å²) in [4.78, 5) is 26.2. The van der Waals surface area contributed by atoms with Crippen LogP contribution in [-0.2, 0) is 4.79 Å². The Morgan fingerprint density at radius 2 is 2.12 bits per heavy atom. The van der Waals surface area contributed by atoms with Crippen molar-refractivity contribution >= 4 is 29.4 Å². The van der Waals surface area contributed by atoms with Crippen molar-refractivity contribution in [3.8, 4) is 0 Å². The van der Waals surface area contributed by atoms with Crippen LogP contribution in [0.2, 0.25) is 0 Å². The normalized spacial score (nSPS) is 23.3. The van der Waals surface area contributed by atoms with Crippen LogP contribution in [-0.4, -0.2) is 54.1 Å². The van der Waals surface area contributed by atoms with Gasteiger partial charge in [-0.2, -0.15) is 0 Å². The Balaban J connectivity index is 1.40. The number of amides is 3. The maximum absolute atomic E-state index is 12.4. The highest BCUT2D eigenvalue weighted by Crippen LogP contribution is 2.20. The van der Waals surface area contributed by atoms with Crippen molar-refractivity contribution in [3.05, 3.63) is 29.8 Å². The quantitative estimate of drug-likeness (QED) is 0.773. The topological polar surface area (TPSA) is 73.5 Å². The van der Waals surface area contributed by atoms with Crippen LogP contribution in [0.15, 0.2) is 24.3 Å². The minimum Gasteiger partial charge on any atom is -0.338 e. The molecule has 130 valence electrons. The average molecular weight is 348 g/mol. The van der Waals surface area contributed by atoms with Crippen molar-refractivity contribution in [1.82, 2.24) is 15.5 Å². The Labute approximate surface area is 146 Å². The molecule has 0 saturated carbocycles. The van der Waals surface area contributed by atoms with Gasteiger partial charge in [0.05, 0.1) is 11.9 Å². The standard InChI is InChI=1S/C17H24N4O2S/c1-12-2-4-14(5-3-12)20-17(23)19-10-13-8-15(18-9-13)16(22)21-6-7-24-11-21/h2-5,13,15,18H,6-11H2,1H3,(H2,19,20,23). The number of rotatable bonds is 4. The zero-order chi connectivity index (χ0) is 16.9. The van der Waals surface area contributed by atoms with E-state index in [4.69, 9.17) is 0 Å². The van der Waals surface area contributed by atoms with Gasteiger partial charge in [-0.05, 0) is 31.4 Å². The summed E-state index contributed by atoms with van der Waals surface area (Å²) in [6.45, 7) is 4.20. The highest BCUT2D eigenvalue weighted by Gasteiger charge is 2.33. The number of carbonyl (C=O) groups is 2. The highest BCUT2D eigenvalue weighted by atomic mass is 32.2. The fourth-order valence-corrected chi connectivity index (χ4v) is 3.97. The second kappa shape index (κ2) is 7.90. The molecule has 0 aromatic heterocycles. The second-order valence-corrected chi connectivity index (χ2v) is 7.48. The average Bonchev–Trinajstić information content (AvgIpc) is 3.26. The molecule has 3 rings (SSSR count). The van der Waals surface area contributed by atoms with Crippen LogP contribution >= 0.6 is 11.8 Å². The Morgan fingerprint density at radius 1 is 1.33 bits per heavy atom. The summed E-state index contributed by atoms with van der Waals surface area (Å²) in [5.41, 5.74) is 1.94. The van der Waals surface area contributed by atoms with Crippen LogP contribution in [0.1, 0.15) is 12.0 Å². The lowest BCUT2D eigenvalue weighted by Crippen LogP contribution is -2.42. The van der Waals surface area contributed by atoms with Crippen LogP contribution in [0.5, 0.6) is 0 Å². The number of hydrogen-bond donors (Lipinski definition) is 3. The first kappa shape index (κ1) is 17.1. The fraction of sp³-hybridized carbons (Fsp3) is 0.529. The lowest BCUT2D eigenvalue weighted by Gasteiger charge is -2.19. The predicted molar refractivity (Wildman–Crippen MR) is 97.1 cm³/mol. The van der Waals surface area contributed by atoms with Gasteiger partial charge in [-0.3, -0.25) is 4.79 Å². The number of nitrogens with one attached hydrogen (secondary N) is 3. The fourth-order valence-electron chi connectivity index (χ4n) is 3.01. The molecule has 2 atom stereocenters. The van der Waals surface area contributed by atoms with Crippen LogP contribution in [0.3, 0.4) is 0 Å². The monoisotopic (exact) mass is 348 g/mol. The van der Waals surface area contributed by atoms with Gasteiger partial charge in [-0.25, -0.2) is 4.79 Å². The van der Waals surface area contributed by atoms with Crippen LogP contribution in [0, 0.1) is 12.8 Å². The number of thioether (sulfide) groups is 1. The number of benzene rings is 1. The zero-order valence-electron chi connectivity index (χ0n) is 13.9. The third-order valence-electron chi connectivity index (χ3n) is 4.45. The van der Waals surface area contributed by atoms with E-state index in [1.807, 2.05) is 36.1 Å². The third-order valence-corrected chi connectivity index (χ3v) is 5.41. The number of hydrogen-bond acceptors (Lipinski definition) is 4. The summed E-state index contributed by atoms with van der Waals surface area (Å²) >= 11 is 1.80. The Kier molecular flexibility index (Phi) is 5.63. The van der Waals surface area contributed by atoms with Crippen molar-refractivity contribution in [3.63, 3.8) is 0 Å². The van der Waals surface area contributed by atoms with Crippen molar-refractivity contribution in [2.45, 2.75) is 19.4 Å². The van der Waals surface area contributed by atoms with Gasteiger partial charge in [0, 0.05) is 31.1 Å². The zero-order valence-corrected chi connectivity index (χ0v) is 14.7. The summed E-state index contributed by atoms with van der Waals surface area (Å²) in [6, 6.07) is 7.39. The first-order chi connectivity index (χ1) is 11.6. The van der Waals surface area contributed by atoms with Gasteiger partial charge < -0.3 is 20.9 Å². The van der Waals surface area contributed by atoms with Gasteiger partial charge in [0.2, 0.25) is 5.91 Å². The second-order valence-electron chi connectivity index (χ2n) is 6.40. The molecule has 1 aromatic rings. The molecule has 3 N–H and O–H groups in total. The number of nitrogens with zero attached hydrogens (tertiary/aromatic N) is 1. The molecule has 2 unspecified atom stereocenters. The maximum atomic E-state index is 12.4. The molecule has 2 heterocycles. The van der Waals surface area contributed by atoms with Gasteiger partial charge in [0.25, 0.3) is 0 Å². The molecule has 1 aromatic carbocycles. The number of urea groups is 1. The molecular formula is C17H24N4O2S. The molecule has 2 aliphatic rings. The summed E-state index contributed by atoms with van der Waals surface area (Å²) in [6.07, 6.45) is 0.783. The molecule has 0 bridgehead atoms. The van der Waals surface area contributed by atoms with Crippen molar-refractivity contribution < 1.29 is 9.59 Å². The lowest BCUT2D eigenvalue weighted by atomic mass is 10.1. The van der Waals surface area contributed by atoms with Gasteiger partial charge in [0.15, 0.2) is 0 Å². The highest BCUT2D eigenvalue weighted by molar-refractivity contribution is 7.99. The first-order valence-corrected chi connectivity index (χ1v) is 9.49. The van der Waals surface area contributed by atoms with Gasteiger partial charge in [-0.1, -0.05) is 17.7 Å². The molecule has 2 fully saturated rings. The van der Waals surface area contributed by atoms with E-state index in [-0.39, 0.29) is 23.9 Å². The molecule has 3 amide bonds. The minimum atomic E-state index is -0.204. The third kappa shape index (κ3) is 4.42. The van der Waals surface area contributed by atoms with Crippen LogP contribution in [0.4, 0.5) is 10.5 Å². The summed E-state index contributed by atoms with van der Waals surface area (Å²) in [5, 5.41) is 9.01. The van der Waals surface area contributed by atoms with E-state index in [2.05, 4.69) is 16.0 Å². The molecular weight excluding hydrogens is 324 g/mol. The van der Waals surface area contributed by atoms with E-state index < -0.39 is 0 Å². The first-order valence-electron chi connectivity index (χ1n) is 8.33. The maximum Gasteiger partial charge on any atom is 0.319 e. The Hall–Kier alpha value is -1.73.